The Bertz CT molecular complexity index is 774. The first-order valence-corrected chi connectivity index (χ1v) is 7.43. The summed E-state index contributed by atoms with van der Waals surface area (Å²) in [6.07, 6.45) is 0. The van der Waals surface area contributed by atoms with Crippen LogP contribution in [-0.4, -0.2) is 22.8 Å². The molecule has 0 fully saturated rings. The van der Waals surface area contributed by atoms with E-state index >= 15 is 0 Å². The zero-order chi connectivity index (χ0) is 17.1. The molecule has 23 heavy (non-hydrogen) atoms. The van der Waals surface area contributed by atoms with Crippen LogP contribution in [0.1, 0.15) is 27.0 Å². The van der Waals surface area contributed by atoms with Crippen molar-refractivity contribution < 1.29 is 9.72 Å². The van der Waals surface area contributed by atoms with Gasteiger partial charge in [-0.15, -0.1) is 0 Å². The number of rotatable bonds is 4. The van der Waals surface area contributed by atoms with Crippen LogP contribution < -0.4 is 0 Å². The molecule has 0 aliphatic heterocycles. The van der Waals surface area contributed by atoms with E-state index in [9.17, 15) is 14.9 Å². The molecule has 0 aliphatic rings. The molecule has 2 rings (SSSR count). The lowest BCUT2D eigenvalue weighted by Crippen LogP contribution is -2.27. The summed E-state index contributed by atoms with van der Waals surface area (Å²) in [7, 11) is 1.65. The minimum absolute atomic E-state index is 0.0447. The van der Waals surface area contributed by atoms with Gasteiger partial charge in [-0.05, 0) is 37.1 Å². The number of nitro benzene ring substituents is 1. The standard InChI is InChI=1S/C17H17ClN2O3/c1-11-4-6-15(12(2)8-11)17(21)19(3)10-13-9-14(20(22)23)5-7-16(13)18/h4-9H,10H2,1-3H3. The Morgan fingerprint density at radius 3 is 2.52 bits per heavy atom. The van der Waals surface area contributed by atoms with Gasteiger partial charge in [0.2, 0.25) is 0 Å². The van der Waals surface area contributed by atoms with Crippen molar-refractivity contribution in [2.45, 2.75) is 20.4 Å². The third-order valence-corrected chi connectivity index (χ3v) is 3.98. The highest BCUT2D eigenvalue weighted by Crippen LogP contribution is 2.24. The smallest absolute Gasteiger partial charge is 0.269 e. The van der Waals surface area contributed by atoms with Gasteiger partial charge in [-0.1, -0.05) is 29.3 Å². The molecule has 6 heteroatoms. The van der Waals surface area contributed by atoms with E-state index in [-0.39, 0.29) is 18.1 Å². The number of hydrogen-bond acceptors (Lipinski definition) is 3. The number of carbonyl (C=O) groups is 1. The second-order valence-electron chi connectivity index (χ2n) is 5.51. The molecule has 0 spiro atoms. The zero-order valence-electron chi connectivity index (χ0n) is 13.2. The molecule has 0 heterocycles. The summed E-state index contributed by atoms with van der Waals surface area (Å²) in [6, 6.07) is 9.84. The van der Waals surface area contributed by atoms with E-state index in [4.69, 9.17) is 11.6 Å². The largest absolute Gasteiger partial charge is 0.337 e. The van der Waals surface area contributed by atoms with Crippen LogP contribution in [0.25, 0.3) is 0 Å². The van der Waals surface area contributed by atoms with E-state index in [0.717, 1.165) is 11.1 Å². The summed E-state index contributed by atoms with van der Waals surface area (Å²) in [5.74, 6) is -0.148. The van der Waals surface area contributed by atoms with Crippen molar-refractivity contribution in [1.29, 1.82) is 0 Å². The van der Waals surface area contributed by atoms with Crippen LogP contribution in [0.5, 0.6) is 0 Å². The number of amides is 1. The normalized spacial score (nSPS) is 10.4. The molecule has 2 aromatic carbocycles. The summed E-state index contributed by atoms with van der Waals surface area (Å²) >= 11 is 6.09. The van der Waals surface area contributed by atoms with E-state index in [1.165, 1.54) is 23.1 Å². The molecule has 0 radical (unpaired) electrons. The van der Waals surface area contributed by atoms with Crippen LogP contribution in [0.2, 0.25) is 5.02 Å². The minimum Gasteiger partial charge on any atom is -0.337 e. The summed E-state index contributed by atoms with van der Waals surface area (Å²) in [5, 5.41) is 11.3. The van der Waals surface area contributed by atoms with Crippen LogP contribution in [0, 0.1) is 24.0 Å². The predicted octanol–water partition coefficient (Wildman–Crippen LogP) is 4.14. The molecule has 1 amide bonds. The van der Waals surface area contributed by atoms with E-state index in [1.54, 1.807) is 13.1 Å². The molecular formula is C17H17ClN2O3. The molecule has 0 atom stereocenters. The number of benzene rings is 2. The monoisotopic (exact) mass is 332 g/mol. The fourth-order valence-corrected chi connectivity index (χ4v) is 2.56. The molecule has 0 N–H and O–H groups in total. The molecule has 0 saturated carbocycles. The van der Waals surface area contributed by atoms with Crippen molar-refractivity contribution in [2.75, 3.05) is 7.05 Å². The first-order chi connectivity index (χ1) is 10.8. The number of nitrogens with zero attached hydrogens (tertiary/aromatic N) is 2. The SMILES string of the molecule is Cc1ccc(C(=O)N(C)Cc2cc([N+](=O)[O-])ccc2Cl)c(C)c1. The molecular weight excluding hydrogens is 316 g/mol. The topological polar surface area (TPSA) is 63.5 Å². The van der Waals surface area contributed by atoms with Gasteiger partial charge in [0, 0.05) is 36.3 Å². The second-order valence-corrected chi connectivity index (χ2v) is 5.92. The van der Waals surface area contributed by atoms with Crippen LogP contribution >= 0.6 is 11.6 Å². The summed E-state index contributed by atoms with van der Waals surface area (Å²) in [5.41, 5.74) is 3.09. The average Bonchev–Trinajstić information content (AvgIpc) is 2.48. The Hall–Kier alpha value is -2.40. The predicted molar refractivity (Wildman–Crippen MR) is 89.8 cm³/mol. The van der Waals surface area contributed by atoms with Gasteiger partial charge in [0.05, 0.1) is 4.92 Å². The van der Waals surface area contributed by atoms with E-state index in [2.05, 4.69) is 0 Å². The van der Waals surface area contributed by atoms with Crippen molar-refractivity contribution in [2.24, 2.45) is 0 Å². The maximum atomic E-state index is 12.6. The van der Waals surface area contributed by atoms with E-state index in [0.29, 0.717) is 16.1 Å². The number of non-ortho nitro benzene ring substituents is 1. The molecule has 5 nitrogen and oxygen atoms in total. The van der Waals surface area contributed by atoms with Crippen LogP contribution in [0.3, 0.4) is 0 Å². The van der Waals surface area contributed by atoms with Gasteiger partial charge in [-0.2, -0.15) is 0 Å². The quantitative estimate of drug-likeness (QED) is 0.624. The van der Waals surface area contributed by atoms with Crippen molar-refractivity contribution in [3.8, 4) is 0 Å². The molecule has 0 unspecified atom stereocenters. The van der Waals surface area contributed by atoms with Gasteiger partial charge in [0.15, 0.2) is 0 Å². The maximum absolute atomic E-state index is 12.6. The lowest BCUT2D eigenvalue weighted by molar-refractivity contribution is -0.384. The number of aryl methyl sites for hydroxylation is 2. The lowest BCUT2D eigenvalue weighted by atomic mass is 10.0. The molecule has 120 valence electrons. The van der Waals surface area contributed by atoms with Gasteiger partial charge in [-0.25, -0.2) is 0 Å². The zero-order valence-corrected chi connectivity index (χ0v) is 13.9. The van der Waals surface area contributed by atoms with Crippen LogP contribution in [0.4, 0.5) is 5.69 Å². The highest BCUT2D eigenvalue weighted by atomic mass is 35.5. The Morgan fingerprint density at radius 1 is 1.22 bits per heavy atom. The van der Waals surface area contributed by atoms with Crippen molar-refractivity contribution in [3.05, 3.63) is 73.8 Å². The minimum atomic E-state index is -0.480. The highest BCUT2D eigenvalue weighted by Gasteiger charge is 2.17. The van der Waals surface area contributed by atoms with Gasteiger partial charge >= 0.3 is 0 Å². The number of carbonyl (C=O) groups excluding carboxylic acids is 1. The average molecular weight is 333 g/mol. The Morgan fingerprint density at radius 2 is 1.91 bits per heavy atom. The first-order valence-electron chi connectivity index (χ1n) is 7.05. The van der Waals surface area contributed by atoms with Gasteiger partial charge < -0.3 is 4.90 Å². The summed E-state index contributed by atoms with van der Waals surface area (Å²) in [4.78, 5) is 24.4. The van der Waals surface area contributed by atoms with E-state index in [1.807, 2.05) is 26.0 Å². The summed E-state index contributed by atoms with van der Waals surface area (Å²) < 4.78 is 0. The molecule has 2 aromatic rings. The van der Waals surface area contributed by atoms with Gasteiger partial charge in [0.1, 0.15) is 0 Å². The lowest BCUT2D eigenvalue weighted by Gasteiger charge is -2.19. The van der Waals surface area contributed by atoms with E-state index < -0.39 is 4.92 Å². The molecule has 0 saturated heterocycles. The number of hydrogen-bond donors (Lipinski definition) is 0. The second kappa shape index (κ2) is 6.79. The first kappa shape index (κ1) is 17.0. The molecule has 0 bridgehead atoms. The van der Waals surface area contributed by atoms with Crippen molar-refractivity contribution in [3.63, 3.8) is 0 Å². The highest BCUT2D eigenvalue weighted by molar-refractivity contribution is 6.31. The Labute approximate surface area is 139 Å². The Kier molecular flexibility index (Phi) is 5.01. The van der Waals surface area contributed by atoms with Crippen LogP contribution in [-0.2, 0) is 6.54 Å². The van der Waals surface area contributed by atoms with Crippen LogP contribution in [0.15, 0.2) is 36.4 Å². The van der Waals surface area contributed by atoms with Crippen molar-refractivity contribution >= 4 is 23.2 Å². The fourth-order valence-electron chi connectivity index (χ4n) is 2.38. The third-order valence-electron chi connectivity index (χ3n) is 3.61. The fraction of sp³-hybridized carbons (Fsp3) is 0.235. The molecule has 0 aliphatic carbocycles. The third kappa shape index (κ3) is 3.87. The maximum Gasteiger partial charge on any atom is 0.269 e. The van der Waals surface area contributed by atoms with Gasteiger partial charge in [0.25, 0.3) is 11.6 Å². The number of halogens is 1. The van der Waals surface area contributed by atoms with Gasteiger partial charge in [-0.3, -0.25) is 14.9 Å². The number of nitro groups is 1. The summed E-state index contributed by atoms with van der Waals surface area (Å²) in [6.45, 7) is 4.05. The Balaban J connectivity index is 2.24. The van der Waals surface area contributed by atoms with Crippen molar-refractivity contribution in [1.82, 2.24) is 4.90 Å². The molecule has 0 aromatic heterocycles.